The summed E-state index contributed by atoms with van der Waals surface area (Å²) in [5, 5.41) is 6.33. The predicted molar refractivity (Wildman–Crippen MR) is 272 cm³/mol. The highest BCUT2D eigenvalue weighted by molar-refractivity contribution is 8.76. The molecule has 5 aromatic carbocycles. The van der Waals surface area contributed by atoms with Crippen molar-refractivity contribution in [3.8, 4) is 34.1 Å². The number of para-hydroxylation sites is 1. The molecule has 3 heterocycles. The first kappa shape index (κ1) is 47.9. The molecule has 0 aliphatic carbocycles. The minimum atomic E-state index is -0.292. The van der Waals surface area contributed by atoms with E-state index in [1.165, 1.54) is 7.11 Å². The number of hydrogen-bond donors (Lipinski definition) is 2. The number of aliphatic imine (C=N–C) groups is 2. The first-order chi connectivity index (χ1) is 33.1. The van der Waals surface area contributed by atoms with Crippen LogP contribution in [0.25, 0.3) is 11.1 Å². The fourth-order valence-corrected chi connectivity index (χ4v) is 11.1. The summed E-state index contributed by atoms with van der Waals surface area (Å²) < 4.78 is 24.6. The number of ether oxygens (including phenoxy) is 4. The number of carbonyl (C=O) groups excluding carboxylic acids is 4. The van der Waals surface area contributed by atoms with Crippen LogP contribution in [0.3, 0.4) is 0 Å². The molecule has 15 heteroatoms. The predicted octanol–water partition coefficient (Wildman–Crippen LogP) is 10.4. The van der Waals surface area contributed by atoms with Crippen LogP contribution in [0.4, 0.5) is 22.7 Å². The maximum atomic E-state index is 14.0. The third-order valence-electron chi connectivity index (χ3n) is 12.0. The van der Waals surface area contributed by atoms with Crippen LogP contribution in [0.5, 0.6) is 23.0 Å². The molecule has 13 nitrogen and oxygen atoms in total. The molecular weight excluding hydrogens is 899 g/mol. The molecule has 68 heavy (non-hydrogen) atoms. The molecule has 5 aromatic rings. The third-order valence-corrected chi connectivity index (χ3v) is 15.0. The average molecular weight is 954 g/mol. The molecule has 2 N–H and O–H groups in total. The van der Waals surface area contributed by atoms with Gasteiger partial charge < -0.3 is 34.4 Å². The van der Waals surface area contributed by atoms with E-state index in [2.05, 4.69) is 17.6 Å². The van der Waals surface area contributed by atoms with Crippen LogP contribution < -0.4 is 34.5 Å². The number of fused-ring (bicyclic) bond motifs is 7. The molecule has 0 spiro atoms. The van der Waals surface area contributed by atoms with Crippen LogP contribution >= 0.6 is 21.6 Å². The Hall–Kier alpha value is -6.58. The summed E-state index contributed by atoms with van der Waals surface area (Å²) in [6, 6.07) is 28.4. The number of nitrogens with zero attached hydrogens (tertiary/aromatic N) is 3. The van der Waals surface area contributed by atoms with E-state index in [4.69, 9.17) is 28.9 Å². The van der Waals surface area contributed by atoms with Crippen molar-refractivity contribution in [1.29, 1.82) is 0 Å². The number of amides is 3. The first-order valence-electron chi connectivity index (χ1n) is 22.8. The molecular formula is C53H55N5O8S2. The molecule has 0 saturated heterocycles. The quantitative estimate of drug-likeness (QED) is 0.0412. The summed E-state index contributed by atoms with van der Waals surface area (Å²) in [5.41, 5.74) is 8.56. The summed E-state index contributed by atoms with van der Waals surface area (Å²) in [6.45, 7) is 3.99. The molecule has 0 saturated carbocycles. The number of carbonyl (C=O) groups is 4. The van der Waals surface area contributed by atoms with Gasteiger partial charge in [-0.2, -0.15) is 0 Å². The number of anilines is 2. The molecule has 3 amide bonds. The zero-order valence-electron chi connectivity index (χ0n) is 38.6. The van der Waals surface area contributed by atoms with Crippen molar-refractivity contribution in [2.24, 2.45) is 9.98 Å². The van der Waals surface area contributed by atoms with Crippen LogP contribution in [0.2, 0.25) is 0 Å². The van der Waals surface area contributed by atoms with Gasteiger partial charge in [-0.3, -0.25) is 29.3 Å². The summed E-state index contributed by atoms with van der Waals surface area (Å²) in [7, 11) is 6.70. The van der Waals surface area contributed by atoms with Gasteiger partial charge >= 0.3 is 0 Å². The van der Waals surface area contributed by atoms with Crippen LogP contribution in [-0.4, -0.2) is 73.7 Å². The molecule has 352 valence electrons. The second-order valence-corrected chi connectivity index (χ2v) is 19.9. The van der Waals surface area contributed by atoms with Crippen molar-refractivity contribution < 1.29 is 38.1 Å². The Kier molecular flexibility index (Phi) is 15.8. The van der Waals surface area contributed by atoms with Gasteiger partial charge in [0, 0.05) is 71.8 Å². The summed E-state index contributed by atoms with van der Waals surface area (Å²) >= 11 is 0. The van der Waals surface area contributed by atoms with Crippen molar-refractivity contribution in [3.05, 3.63) is 119 Å². The van der Waals surface area contributed by atoms with E-state index in [1.807, 2.05) is 85.1 Å². The Labute approximate surface area is 404 Å². The second kappa shape index (κ2) is 22.5. The van der Waals surface area contributed by atoms with Crippen molar-refractivity contribution in [1.82, 2.24) is 5.32 Å². The number of Topliss-reactive ketones (excluding diaryl/α,β-unsaturated/α-hetero) is 1. The van der Waals surface area contributed by atoms with Crippen molar-refractivity contribution in [2.75, 3.05) is 30.2 Å². The van der Waals surface area contributed by atoms with Gasteiger partial charge in [0.25, 0.3) is 5.91 Å². The fourth-order valence-electron chi connectivity index (χ4n) is 8.63. The Morgan fingerprint density at radius 3 is 2.15 bits per heavy atom. The van der Waals surface area contributed by atoms with Gasteiger partial charge in [-0.25, -0.2) is 0 Å². The highest BCUT2D eigenvalue weighted by Gasteiger charge is 2.36. The number of benzene rings is 5. The van der Waals surface area contributed by atoms with Gasteiger partial charge in [-0.1, -0.05) is 71.0 Å². The van der Waals surface area contributed by atoms with E-state index in [-0.39, 0.29) is 42.9 Å². The van der Waals surface area contributed by atoms with Crippen molar-refractivity contribution in [3.63, 3.8) is 0 Å². The van der Waals surface area contributed by atoms with Gasteiger partial charge in [0.1, 0.15) is 19.0 Å². The van der Waals surface area contributed by atoms with Gasteiger partial charge in [0.2, 0.25) is 12.3 Å². The Balaban J connectivity index is 1.02. The number of methoxy groups -OCH3 is 2. The fraction of sp³-hybridized carbons (Fsp3) is 0.321. The molecule has 8 rings (SSSR count). The molecule has 0 bridgehead atoms. The SMILES string of the molecule is COc1cc2c(cc1OCc1cc(COc3cc4c(cc3OC)-c3ccccc3C[C@H](NC=O)C=N4)cc(NC(=O)CCCC(C)SSCCCC(C)=O)c1)N=CC1Cc3ccccc3N1C2=O. The maximum absolute atomic E-state index is 14.0. The van der Waals surface area contributed by atoms with E-state index in [1.54, 1.807) is 58.9 Å². The minimum absolute atomic E-state index is 0.0940. The number of rotatable bonds is 21. The van der Waals surface area contributed by atoms with Crippen LogP contribution in [0.1, 0.15) is 78.6 Å². The van der Waals surface area contributed by atoms with Crippen LogP contribution in [0.15, 0.2) is 101 Å². The standard InChI is InChI=1S/C53H55N5O8S2/c1-33(60)11-10-18-67-68-34(2)12-9-17-52(61)57-39-20-35(30-65-50-26-45-43(24-48(50)63-3)42-15-7-5-13-37(42)22-40(28-54-45)56-32-59)19-36(21-39)31-66-51-27-46-44(25-49(51)64-4)53(62)58-41(29-55-46)23-38-14-6-8-16-47(38)58/h5-8,13-16,19-21,24-29,32,34,40-41H,9-12,17-18,22-23,30-31H2,1-4H3,(H,56,59)(H,57,61)/t34?,40-,41?/m0/s1. The second-order valence-electron chi connectivity index (χ2n) is 17.0. The summed E-state index contributed by atoms with van der Waals surface area (Å²) in [6.07, 6.45) is 8.93. The largest absolute Gasteiger partial charge is 0.493 e. The molecule has 3 atom stereocenters. The van der Waals surface area contributed by atoms with Gasteiger partial charge in [0.15, 0.2) is 23.0 Å². The molecule has 3 aliphatic heterocycles. The third kappa shape index (κ3) is 11.6. The van der Waals surface area contributed by atoms with Crippen molar-refractivity contribution >= 4 is 80.8 Å². The highest BCUT2D eigenvalue weighted by atomic mass is 33.1. The zero-order valence-corrected chi connectivity index (χ0v) is 40.3. The van der Waals surface area contributed by atoms with E-state index in [9.17, 15) is 19.2 Å². The minimum Gasteiger partial charge on any atom is -0.493 e. The Morgan fingerprint density at radius 1 is 0.779 bits per heavy atom. The smallest absolute Gasteiger partial charge is 0.261 e. The number of hydrogen-bond acceptors (Lipinski definition) is 12. The number of ketones is 1. The maximum Gasteiger partial charge on any atom is 0.261 e. The van der Waals surface area contributed by atoms with Crippen LogP contribution in [0, 0.1) is 0 Å². The number of nitrogens with one attached hydrogen (secondary N) is 2. The van der Waals surface area contributed by atoms with Gasteiger partial charge in [0.05, 0.1) is 43.2 Å². The van der Waals surface area contributed by atoms with Gasteiger partial charge in [-0.15, -0.1) is 0 Å². The lowest BCUT2D eigenvalue weighted by Gasteiger charge is -2.22. The van der Waals surface area contributed by atoms with Crippen molar-refractivity contribution in [2.45, 2.75) is 89.3 Å². The summed E-state index contributed by atoms with van der Waals surface area (Å²) in [5.74, 6) is 2.65. The lowest BCUT2D eigenvalue weighted by Crippen LogP contribution is -2.37. The first-order valence-corrected chi connectivity index (χ1v) is 25.2. The van der Waals surface area contributed by atoms with E-state index in [0.29, 0.717) is 83.0 Å². The topological polar surface area (TPSA) is 157 Å². The molecule has 0 radical (unpaired) electrons. The monoisotopic (exact) mass is 953 g/mol. The highest BCUT2D eigenvalue weighted by Crippen LogP contribution is 2.44. The van der Waals surface area contributed by atoms with E-state index in [0.717, 1.165) is 64.1 Å². The zero-order chi connectivity index (χ0) is 47.6. The molecule has 3 aliphatic rings. The Bertz CT molecular complexity index is 2740. The van der Waals surface area contributed by atoms with Crippen LogP contribution in [-0.2, 0) is 40.4 Å². The lowest BCUT2D eigenvalue weighted by molar-refractivity contribution is -0.117. The molecule has 0 fully saturated rings. The Morgan fingerprint density at radius 2 is 1.44 bits per heavy atom. The van der Waals surface area contributed by atoms with E-state index >= 15 is 0 Å². The lowest BCUT2D eigenvalue weighted by atomic mass is 9.93. The van der Waals surface area contributed by atoms with Gasteiger partial charge in [-0.05, 0) is 96.8 Å². The average Bonchev–Trinajstić information content (AvgIpc) is 3.65. The normalized spacial score (nSPS) is 15.8. The molecule has 0 aromatic heterocycles. The molecule has 2 unspecified atom stereocenters. The van der Waals surface area contributed by atoms with E-state index < -0.39 is 0 Å². The summed E-state index contributed by atoms with van der Waals surface area (Å²) in [4.78, 5) is 61.5.